The summed E-state index contributed by atoms with van der Waals surface area (Å²) in [6.45, 7) is 0. The average Bonchev–Trinajstić information content (AvgIpc) is 2.12. The molecule has 0 aromatic carbocycles. The zero-order valence-corrected chi connectivity index (χ0v) is 5.37. The molecular weight excluding hydrogens is 163 g/mol. The van der Waals surface area contributed by atoms with E-state index in [2.05, 4.69) is 14.3 Å². The standard InChI is InChI=1S/C3H3ClN2O4/c7-4(8,9)10-3-1-5-2-6-3/h1-2H,(H,5,6). The van der Waals surface area contributed by atoms with E-state index < -0.39 is 10.2 Å². The molecule has 0 saturated heterocycles. The Bertz CT molecular complexity index is 193. The summed E-state index contributed by atoms with van der Waals surface area (Å²) in [7, 11) is -4.41. The van der Waals surface area contributed by atoms with Crippen molar-refractivity contribution in [3.05, 3.63) is 12.5 Å². The van der Waals surface area contributed by atoms with Gasteiger partial charge in [-0.05, 0) is 4.29 Å². The van der Waals surface area contributed by atoms with E-state index >= 15 is 0 Å². The molecule has 1 heterocycles. The number of H-pyrrole nitrogens is 1. The Hall–Kier alpha value is -0.820. The molecule has 10 heavy (non-hydrogen) atoms. The zero-order valence-electron chi connectivity index (χ0n) is 4.61. The van der Waals surface area contributed by atoms with E-state index in [9.17, 15) is 14.0 Å². The third-order valence-electron chi connectivity index (χ3n) is 0.651. The monoisotopic (exact) mass is 166 g/mol. The zero-order chi connectivity index (χ0) is 7.61. The molecule has 0 aliphatic carbocycles. The van der Waals surface area contributed by atoms with Gasteiger partial charge in [0, 0.05) is 0 Å². The molecule has 0 aliphatic rings. The molecule has 0 aliphatic heterocycles. The fourth-order valence-electron chi connectivity index (χ4n) is 0.387. The maximum atomic E-state index is 9.85. The molecular formula is C3H3ClN2O4. The molecule has 0 unspecified atom stereocenters. The molecule has 6 nitrogen and oxygen atoms in total. The lowest BCUT2D eigenvalue weighted by Gasteiger charge is -2.09. The smallest absolute Gasteiger partial charge is 0.302 e. The minimum Gasteiger partial charge on any atom is -0.302 e. The number of rotatable bonds is 2. The highest BCUT2D eigenvalue weighted by atomic mass is 35.7. The van der Waals surface area contributed by atoms with E-state index in [1.807, 2.05) is 0 Å². The van der Waals surface area contributed by atoms with Crippen LogP contribution >= 0.6 is 0 Å². The molecule has 1 aromatic heterocycles. The molecule has 1 aromatic rings. The van der Waals surface area contributed by atoms with Crippen molar-refractivity contribution >= 4 is 0 Å². The van der Waals surface area contributed by atoms with Crippen LogP contribution in [0.3, 0.4) is 0 Å². The highest BCUT2D eigenvalue weighted by Crippen LogP contribution is 2.04. The molecule has 56 valence electrons. The Balaban J connectivity index is 2.57. The Kier molecular flexibility index (Phi) is 1.77. The van der Waals surface area contributed by atoms with Crippen LogP contribution in [0.25, 0.3) is 0 Å². The average molecular weight is 167 g/mol. The summed E-state index contributed by atoms with van der Waals surface area (Å²) in [4.78, 5) is 5.69. The maximum Gasteiger partial charge on any atom is 0.378 e. The van der Waals surface area contributed by atoms with Crippen LogP contribution in [0.4, 0.5) is 0 Å². The second-order valence-corrected chi connectivity index (χ2v) is 2.28. The minimum absolute atomic E-state index is 0.198. The van der Waals surface area contributed by atoms with Gasteiger partial charge in [0.15, 0.2) is 0 Å². The number of halogens is 1. The summed E-state index contributed by atoms with van der Waals surface area (Å²) in [5.74, 6) is -0.198. The van der Waals surface area contributed by atoms with E-state index in [1.165, 1.54) is 6.33 Å². The minimum atomic E-state index is -4.41. The summed E-state index contributed by atoms with van der Waals surface area (Å²) in [5, 5.41) is 0. The van der Waals surface area contributed by atoms with Crippen LogP contribution in [-0.2, 0) is 0 Å². The number of nitrogens with zero attached hydrogens (tertiary/aromatic N) is 1. The van der Waals surface area contributed by atoms with Gasteiger partial charge >= 0.3 is 5.88 Å². The van der Waals surface area contributed by atoms with Crippen molar-refractivity contribution in [2.45, 2.75) is 0 Å². The van der Waals surface area contributed by atoms with E-state index in [0.29, 0.717) is 0 Å². The number of aromatic amines is 1. The first-order valence-electron chi connectivity index (χ1n) is 2.17. The van der Waals surface area contributed by atoms with Crippen molar-refractivity contribution < 1.29 is 28.5 Å². The van der Waals surface area contributed by atoms with Crippen molar-refractivity contribution in [2.24, 2.45) is 0 Å². The van der Waals surface area contributed by atoms with Crippen molar-refractivity contribution in [3.63, 3.8) is 0 Å². The third kappa shape index (κ3) is 2.19. The normalized spacial score (nSPS) is 11.5. The van der Waals surface area contributed by atoms with E-state index in [4.69, 9.17) is 0 Å². The fourth-order valence-corrected chi connectivity index (χ4v) is 0.675. The molecule has 0 amide bonds. The summed E-state index contributed by atoms with van der Waals surface area (Å²) in [6.07, 6.45) is 2.26. The highest BCUT2D eigenvalue weighted by Gasteiger charge is 2.19. The maximum absolute atomic E-state index is 9.85. The lowest BCUT2D eigenvalue weighted by atomic mass is 10.9. The number of aromatic nitrogens is 2. The van der Waals surface area contributed by atoms with Gasteiger partial charge in [-0.2, -0.15) is 14.0 Å². The third-order valence-corrected chi connectivity index (χ3v) is 1.01. The van der Waals surface area contributed by atoms with Crippen LogP contribution in [0.5, 0.6) is 5.88 Å². The fraction of sp³-hybridized carbons (Fsp3) is 0. The highest BCUT2D eigenvalue weighted by molar-refractivity contribution is 4.98. The van der Waals surface area contributed by atoms with Gasteiger partial charge in [0.05, 0.1) is 6.33 Å². The van der Waals surface area contributed by atoms with Gasteiger partial charge in [0.1, 0.15) is 16.4 Å². The Labute approximate surface area is 57.8 Å². The number of hydrogen-bond donors (Lipinski definition) is 1. The lowest BCUT2D eigenvalue weighted by Crippen LogP contribution is -2.63. The second-order valence-electron chi connectivity index (χ2n) is 1.37. The molecule has 7 heteroatoms. The van der Waals surface area contributed by atoms with Crippen molar-refractivity contribution in [2.75, 3.05) is 0 Å². The number of nitrogens with one attached hydrogen (secondary N) is 1. The van der Waals surface area contributed by atoms with Gasteiger partial charge in [-0.3, -0.25) is 0 Å². The van der Waals surface area contributed by atoms with Crippen molar-refractivity contribution in [1.82, 2.24) is 9.97 Å². The lowest BCUT2D eigenvalue weighted by molar-refractivity contribution is -1.91. The van der Waals surface area contributed by atoms with Crippen LogP contribution in [-0.4, -0.2) is 9.97 Å². The second kappa shape index (κ2) is 2.43. The van der Waals surface area contributed by atoms with Crippen LogP contribution in [0, 0.1) is 10.2 Å². The van der Waals surface area contributed by atoms with Gasteiger partial charge < -0.3 is 4.98 Å². The van der Waals surface area contributed by atoms with E-state index in [1.54, 1.807) is 0 Å². The first-order chi connectivity index (χ1) is 4.58. The molecule has 1 N–H and O–H groups in total. The van der Waals surface area contributed by atoms with E-state index in [0.717, 1.165) is 6.20 Å². The molecule has 0 fully saturated rings. The van der Waals surface area contributed by atoms with Gasteiger partial charge in [-0.1, -0.05) is 0 Å². The van der Waals surface area contributed by atoms with Gasteiger partial charge in [0.2, 0.25) is 0 Å². The van der Waals surface area contributed by atoms with Crippen LogP contribution in [0.2, 0.25) is 0 Å². The van der Waals surface area contributed by atoms with Gasteiger partial charge in [0.25, 0.3) is 0 Å². The van der Waals surface area contributed by atoms with Gasteiger partial charge in [-0.15, -0.1) is 0 Å². The molecule has 0 atom stereocenters. The molecule has 0 spiro atoms. The Morgan fingerprint density at radius 3 is 2.60 bits per heavy atom. The van der Waals surface area contributed by atoms with Crippen LogP contribution in [0.1, 0.15) is 0 Å². The summed E-state index contributed by atoms with van der Waals surface area (Å²) >= 11 is 0. The quantitative estimate of drug-likeness (QED) is 0.495. The van der Waals surface area contributed by atoms with E-state index in [-0.39, 0.29) is 5.88 Å². The summed E-state index contributed by atoms with van der Waals surface area (Å²) in [5.41, 5.74) is 0. The Morgan fingerprint density at radius 1 is 1.50 bits per heavy atom. The van der Waals surface area contributed by atoms with Gasteiger partial charge in [-0.25, -0.2) is 4.98 Å². The van der Waals surface area contributed by atoms with Crippen molar-refractivity contribution in [3.8, 4) is 5.88 Å². The summed E-state index contributed by atoms with van der Waals surface area (Å²) in [6, 6.07) is 0. The molecule has 0 saturated carbocycles. The first kappa shape index (κ1) is 7.29. The Morgan fingerprint density at radius 2 is 2.20 bits per heavy atom. The predicted octanol–water partition coefficient (Wildman–Crippen LogP) is -3.31. The topological polar surface area (TPSA) is 107 Å². The molecule has 1 rings (SSSR count). The van der Waals surface area contributed by atoms with Crippen molar-refractivity contribution in [1.29, 1.82) is 0 Å². The predicted molar refractivity (Wildman–Crippen MR) is 19.2 cm³/mol. The SMILES string of the molecule is [O-][Cl+3]([O-])([O-])Oc1cnc[nH]1. The molecule has 0 radical (unpaired) electrons. The van der Waals surface area contributed by atoms with Crippen LogP contribution < -0.4 is 18.3 Å². The summed E-state index contributed by atoms with van der Waals surface area (Å²) < 4.78 is 33.3. The number of imidazole rings is 1. The number of hydrogen-bond acceptors (Lipinski definition) is 5. The van der Waals surface area contributed by atoms with Crippen LogP contribution in [0.15, 0.2) is 12.5 Å². The first-order valence-corrected chi connectivity index (χ1v) is 3.40. The molecule has 0 bridgehead atoms. The largest absolute Gasteiger partial charge is 0.378 e.